The molecule has 0 aliphatic heterocycles. The number of hydrogen-bond donors (Lipinski definition) is 2. The Morgan fingerprint density at radius 1 is 1.56 bits per heavy atom. The van der Waals surface area contributed by atoms with Gasteiger partial charge >= 0.3 is 0 Å². The lowest BCUT2D eigenvalue weighted by Crippen LogP contribution is -2.36. The van der Waals surface area contributed by atoms with Gasteiger partial charge in [-0.1, -0.05) is 13.0 Å². The highest BCUT2D eigenvalue weighted by atomic mass is 16.6. The van der Waals surface area contributed by atoms with E-state index in [-0.39, 0.29) is 17.3 Å². The molecule has 6 heteroatoms. The molecule has 1 amide bonds. The summed E-state index contributed by atoms with van der Waals surface area (Å²) in [5, 5.41) is 13.4. The van der Waals surface area contributed by atoms with E-state index in [2.05, 4.69) is 5.32 Å². The summed E-state index contributed by atoms with van der Waals surface area (Å²) < 4.78 is 0. The quantitative estimate of drug-likeness (QED) is 0.610. The largest absolute Gasteiger partial charge is 0.350 e. The standard InChI is InChI=1S/C12H17N3O3/c1-3-9(13)7-14-12(16)10-6-8(2)4-5-11(10)15(17)18/h4-6,9H,3,7,13H2,1-2H3,(H,14,16). The zero-order chi connectivity index (χ0) is 13.7. The summed E-state index contributed by atoms with van der Waals surface area (Å²) >= 11 is 0. The molecule has 6 nitrogen and oxygen atoms in total. The van der Waals surface area contributed by atoms with Gasteiger partial charge in [0.05, 0.1) is 4.92 Å². The van der Waals surface area contributed by atoms with Gasteiger partial charge in [0.15, 0.2) is 0 Å². The van der Waals surface area contributed by atoms with Crippen molar-refractivity contribution < 1.29 is 9.72 Å². The Kier molecular flexibility index (Phi) is 4.79. The number of nitrogens with one attached hydrogen (secondary N) is 1. The van der Waals surface area contributed by atoms with Crippen LogP contribution in [0.15, 0.2) is 18.2 Å². The van der Waals surface area contributed by atoms with Crippen molar-refractivity contribution in [2.75, 3.05) is 6.54 Å². The Hall–Kier alpha value is -1.95. The van der Waals surface area contributed by atoms with Crippen molar-refractivity contribution >= 4 is 11.6 Å². The third kappa shape index (κ3) is 3.53. The van der Waals surface area contributed by atoms with E-state index in [1.807, 2.05) is 6.92 Å². The van der Waals surface area contributed by atoms with Crippen LogP contribution >= 0.6 is 0 Å². The van der Waals surface area contributed by atoms with E-state index >= 15 is 0 Å². The smallest absolute Gasteiger partial charge is 0.282 e. The number of nitro benzene ring substituents is 1. The highest BCUT2D eigenvalue weighted by Gasteiger charge is 2.20. The fraction of sp³-hybridized carbons (Fsp3) is 0.417. The Morgan fingerprint density at radius 3 is 2.78 bits per heavy atom. The predicted molar refractivity (Wildman–Crippen MR) is 68.4 cm³/mol. The van der Waals surface area contributed by atoms with Crippen molar-refractivity contribution in [3.8, 4) is 0 Å². The van der Waals surface area contributed by atoms with Crippen molar-refractivity contribution in [2.24, 2.45) is 5.73 Å². The molecule has 1 rings (SSSR count). The molecule has 0 aliphatic carbocycles. The number of nitro groups is 1. The summed E-state index contributed by atoms with van der Waals surface area (Å²) in [6.07, 6.45) is 0.732. The van der Waals surface area contributed by atoms with Crippen molar-refractivity contribution in [1.82, 2.24) is 5.32 Å². The maximum Gasteiger partial charge on any atom is 0.282 e. The van der Waals surface area contributed by atoms with E-state index in [9.17, 15) is 14.9 Å². The molecule has 0 aliphatic rings. The van der Waals surface area contributed by atoms with E-state index in [0.29, 0.717) is 6.54 Å². The number of amides is 1. The van der Waals surface area contributed by atoms with Crippen LogP contribution < -0.4 is 11.1 Å². The van der Waals surface area contributed by atoms with Gasteiger partial charge in [0, 0.05) is 18.7 Å². The molecule has 0 fully saturated rings. The fourth-order valence-electron chi connectivity index (χ4n) is 1.45. The first-order valence-corrected chi connectivity index (χ1v) is 5.74. The Labute approximate surface area is 105 Å². The Bertz CT molecular complexity index is 460. The first-order chi connectivity index (χ1) is 8.45. The van der Waals surface area contributed by atoms with Crippen molar-refractivity contribution in [3.05, 3.63) is 39.4 Å². The summed E-state index contributed by atoms with van der Waals surface area (Å²) in [5.74, 6) is -0.464. The molecular weight excluding hydrogens is 234 g/mol. The van der Waals surface area contributed by atoms with Gasteiger partial charge in [-0.05, 0) is 25.0 Å². The number of carbonyl (C=O) groups is 1. The second-order valence-corrected chi connectivity index (χ2v) is 4.16. The molecule has 0 radical (unpaired) electrons. The minimum Gasteiger partial charge on any atom is -0.350 e. The Morgan fingerprint density at radius 2 is 2.22 bits per heavy atom. The third-order valence-corrected chi connectivity index (χ3v) is 2.64. The van der Waals surface area contributed by atoms with Gasteiger partial charge in [0.1, 0.15) is 5.56 Å². The molecule has 1 aromatic rings. The molecule has 1 aromatic carbocycles. The molecule has 1 atom stereocenters. The molecule has 0 spiro atoms. The molecule has 0 aromatic heterocycles. The molecule has 1 unspecified atom stereocenters. The fourth-order valence-corrected chi connectivity index (χ4v) is 1.45. The number of nitrogens with zero attached hydrogens (tertiary/aromatic N) is 1. The minimum atomic E-state index is -0.561. The molecule has 0 bridgehead atoms. The zero-order valence-electron chi connectivity index (χ0n) is 10.5. The maximum absolute atomic E-state index is 11.9. The van der Waals surface area contributed by atoms with Crippen molar-refractivity contribution in [3.63, 3.8) is 0 Å². The summed E-state index contributed by atoms with van der Waals surface area (Å²) in [6.45, 7) is 3.99. The van der Waals surface area contributed by atoms with E-state index < -0.39 is 10.8 Å². The average Bonchev–Trinajstić information content (AvgIpc) is 2.34. The van der Waals surface area contributed by atoms with Crippen LogP contribution in [-0.2, 0) is 0 Å². The number of aryl methyl sites for hydroxylation is 1. The van der Waals surface area contributed by atoms with Crippen LogP contribution in [0, 0.1) is 17.0 Å². The van der Waals surface area contributed by atoms with Crippen LogP contribution in [0.1, 0.15) is 29.3 Å². The molecular formula is C12H17N3O3. The van der Waals surface area contributed by atoms with Crippen LogP contribution in [0.2, 0.25) is 0 Å². The first-order valence-electron chi connectivity index (χ1n) is 5.74. The van der Waals surface area contributed by atoms with Gasteiger partial charge in [-0.25, -0.2) is 0 Å². The lowest BCUT2D eigenvalue weighted by Gasteiger charge is -2.10. The number of benzene rings is 1. The SMILES string of the molecule is CCC(N)CNC(=O)c1cc(C)ccc1[N+](=O)[O-]. The van der Waals surface area contributed by atoms with Gasteiger partial charge in [0.2, 0.25) is 0 Å². The van der Waals surface area contributed by atoms with E-state index in [1.165, 1.54) is 12.1 Å². The summed E-state index contributed by atoms with van der Waals surface area (Å²) in [4.78, 5) is 22.1. The Balaban J connectivity index is 2.90. The third-order valence-electron chi connectivity index (χ3n) is 2.64. The second-order valence-electron chi connectivity index (χ2n) is 4.16. The lowest BCUT2D eigenvalue weighted by atomic mass is 10.1. The highest BCUT2D eigenvalue weighted by molar-refractivity contribution is 5.98. The molecule has 0 heterocycles. The number of nitrogens with two attached hydrogens (primary N) is 1. The van der Waals surface area contributed by atoms with E-state index in [1.54, 1.807) is 13.0 Å². The van der Waals surface area contributed by atoms with Crippen LogP contribution in [0.4, 0.5) is 5.69 Å². The minimum absolute atomic E-state index is 0.0725. The molecule has 0 saturated heterocycles. The maximum atomic E-state index is 11.9. The zero-order valence-corrected chi connectivity index (χ0v) is 10.5. The van der Waals surface area contributed by atoms with Crippen LogP contribution in [0.5, 0.6) is 0 Å². The summed E-state index contributed by atoms with van der Waals surface area (Å²) in [5.41, 5.74) is 6.36. The van der Waals surface area contributed by atoms with Crippen molar-refractivity contribution in [2.45, 2.75) is 26.3 Å². The number of rotatable bonds is 5. The lowest BCUT2D eigenvalue weighted by molar-refractivity contribution is -0.385. The van der Waals surface area contributed by atoms with Gasteiger partial charge in [0.25, 0.3) is 11.6 Å². The highest BCUT2D eigenvalue weighted by Crippen LogP contribution is 2.19. The normalized spacial score (nSPS) is 11.9. The first kappa shape index (κ1) is 14.1. The van der Waals surface area contributed by atoms with Gasteiger partial charge in [-0.3, -0.25) is 14.9 Å². The van der Waals surface area contributed by atoms with Gasteiger partial charge in [-0.15, -0.1) is 0 Å². The van der Waals surface area contributed by atoms with Crippen molar-refractivity contribution in [1.29, 1.82) is 0 Å². The van der Waals surface area contributed by atoms with Crippen LogP contribution in [0.25, 0.3) is 0 Å². The van der Waals surface area contributed by atoms with Gasteiger partial charge < -0.3 is 11.1 Å². The van der Waals surface area contributed by atoms with E-state index in [0.717, 1.165) is 12.0 Å². The van der Waals surface area contributed by atoms with E-state index in [4.69, 9.17) is 5.73 Å². The molecule has 18 heavy (non-hydrogen) atoms. The molecule has 3 N–H and O–H groups in total. The second kappa shape index (κ2) is 6.11. The topological polar surface area (TPSA) is 98.3 Å². The van der Waals surface area contributed by atoms with Crippen LogP contribution in [0.3, 0.4) is 0 Å². The number of carbonyl (C=O) groups excluding carboxylic acids is 1. The van der Waals surface area contributed by atoms with Gasteiger partial charge in [-0.2, -0.15) is 0 Å². The monoisotopic (exact) mass is 251 g/mol. The predicted octanol–water partition coefficient (Wildman–Crippen LogP) is 1.37. The summed E-state index contributed by atoms with van der Waals surface area (Å²) in [7, 11) is 0. The average molecular weight is 251 g/mol. The number of hydrogen-bond acceptors (Lipinski definition) is 4. The van der Waals surface area contributed by atoms with Crippen LogP contribution in [-0.4, -0.2) is 23.4 Å². The molecule has 0 saturated carbocycles. The summed E-state index contributed by atoms with van der Waals surface area (Å²) in [6, 6.07) is 4.31. The molecule has 98 valence electrons.